The number of hydrogen-bond donors (Lipinski definition) is 1. The van der Waals surface area contributed by atoms with E-state index in [0.717, 1.165) is 12.5 Å². The molecule has 0 amide bonds. The van der Waals surface area contributed by atoms with E-state index >= 15 is 0 Å². The minimum Gasteiger partial charge on any atom is -0.313 e. The van der Waals surface area contributed by atoms with Crippen LogP contribution in [0.25, 0.3) is 0 Å². The van der Waals surface area contributed by atoms with Crippen LogP contribution in [0.5, 0.6) is 0 Å². The third-order valence-corrected chi connectivity index (χ3v) is 4.50. The molecule has 19 heavy (non-hydrogen) atoms. The van der Waals surface area contributed by atoms with Crippen molar-refractivity contribution in [1.82, 2.24) is 5.32 Å². The number of hydrogen-bond acceptors (Lipinski definition) is 1. The van der Waals surface area contributed by atoms with Gasteiger partial charge in [-0.2, -0.15) is 0 Å². The Bertz CT molecular complexity index is 397. The van der Waals surface area contributed by atoms with Crippen molar-refractivity contribution in [2.45, 2.75) is 71.3 Å². The first-order chi connectivity index (χ1) is 9.22. The molecule has 1 nitrogen and oxygen atoms in total. The van der Waals surface area contributed by atoms with Gasteiger partial charge in [-0.25, -0.2) is 0 Å². The molecule has 1 aromatic rings. The summed E-state index contributed by atoms with van der Waals surface area (Å²) < 4.78 is 0. The van der Waals surface area contributed by atoms with Crippen molar-refractivity contribution in [2.75, 3.05) is 6.54 Å². The summed E-state index contributed by atoms with van der Waals surface area (Å²) in [5.74, 6) is 0.717. The van der Waals surface area contributed by atoms with Crippen molar-refractivity contribution in [2.24, 2.45) is 0 Å². The summed E-state index contributed by atoms with van der Waals surface area (Å²) in [4.78, 5) is 0. The lowest BCUT2D eigenvalue weighted by atomic mass is 9.84. The first kappa shape index (κ1) is 14.6. The summed E-state index contributed by atoms with van der Waals surface area (Å²) in [6.45, 7) is 7.89. The maximum Gasteiger partial charge on any atom is 0.0136 e. The first-order valence-electron chi connectivity index (χ1n) is 8.03. The highest BCUT2D eigenvalue weighted by Crippen LogP contribution is 2.34. The van der Waals surface area contributed by atoms with Crippen molar-refractivity contribution in [1.29, 1.82) is 0 Å². The largest absolute Gasteiger partial charge is 0.313 e. The molecule has 1 N–H and O–H groups in total. The van der Waals surface area contributed by atoms with Gasteiger partial charge in [0.2, 0.25) is 0 Å². The number of rotatable bonds is 4. The van der Waals surface area contributed by atoms with E-state index in [1.54, 1.807) is 5.56 Å². The smallest absolute Gasteiger partial charge is 0.0136 e. The Hall–Kier alpha value is -0.820. The Morgan fingerprint density at radius 2 is 1.89 bits per heavy atom. The monoisotopic (exact) mass is 259 g/mol. The second-order valence-corrected chi connectivity index (χ2v) is 6.17. The number of aryl methyl sites for hydroxylation is 2. The standard InChI is InChI=1S/C18H29N/c1-4-12-19-18-9-7-5-6-8-17(18)16-11-10-14(2)13-15(16)3/h10-11,13,17-19H,4-9,12H2,1-3H3. The topological polar surface area (TPSA) is 12.0 Å². The zero-order valence-electron chi connectivity index (χ0n) is 12.8. The molecule has 1 fully saturated rings. The molecule has 1 saturated carbocycles. The summed E-state index contributed by atoms with van der Waals surface area (Å²) in [5, 5.41) is 3.80. The summed E-state index contributed by atoms with van der Waals surface area (Å²) in [6.07, 6.45) is 8.12. The fourth-order valence-electron chi connectivity index (χ4n) is 3.50. The Labute approximate surface area is 118 Å². The van der Waals surface area contributed by atoms with Crippen molar-refractivity contribution in [3.05, 3.63) is 34.9 Å². The van der Waals surface area contributed by atoms with E-state index in [2.05, 4.69) is 44.3 Å². The third kappa shape index (κ3) is 3.82. The normalized spacial score (nSPS) is 24.2. The molecule has 0 heterocycles. The van der Waals surface area contributed by atoms with Crippen molar-refractivity contribution in [3.63, 3.8) is 0 Å². The summed E-state index contributed by atoms with van der Waals surface area (Å²) in [6, 6.07) is 7.69. The SMILES string of the molecule is CCCNC1CCCCCC1c1ccc(C)cc1C. The molecule has 0 bridgehead atoms. The van der Waals surface area contributed by atoms with Crippen LogP contribution < -0.4 is 5.32 Å². The van der Waals surface area contributed by atoms with E-state index in [9.17, 15) is 0 Å². The Morgan fingerprint density at radius 3 is 2.63 bits per heavy atom. The van der Waals surface area contributed by atoms with Crippen LogP contribution in [0.15, 0.2) is 18.2 Å². The molecule has 0 aliphatic heterocycles. The van der Waals surface area contributed by atoms with Crippen molar-refractivity contribution >= 4 is 0 Å². The van der Waals surface area contributed by atoms with E-state index in [0.29, 0.717) is 6.04 Å². The minimum atomic E-state index is 0.684. The van der Waals surface area contributed by atoms with Gasteiger partial charge in [0.15, 0.2) is 0 Å². The molecule has 1 aliphatic rings. The van der Waals surface area contributed by atoms with Gasteiger partial charge in [0.1, 0.15) is 0 Å². The van der Waals surface area contributed by atoms with Gasteiger partial charge in [-0.3, -0.25) is 0 Å². The van der Waals surface area contributed by atoms with Crippen molar-refractivity contribution < 1.29 is 0 Å². The molecule has 1 aromatic carbocycles. The summed E-state index contributed by atoms with van der Waals surface area (Å²) >= 11 is 0. The average Bonchev–Trinajstić information content (AvgIpc) is 2.62. The molecular weight excluding hydrogens is 230 g/mol. The highest BCUT2D eigenvalue weighted by Gasteiger charge is 2.25. The van der Waals surface area contributed by atoms with Crippen LogP contribution in [-0.4, -0.2) is 12.6 Å². The van der Waals surface area contributed by atoms with E-state index in [-0.39, 0.29) is 0 Å². The highest BCUT2D eigenvalue weighted by atomic mass is 14.9. The zero-order valence-corrected chi connectivity index (χ0v) is 12.8. The van der Waals surface area contributed by atoms with Gasteiger partial charge in [-0.15, -0.1) is 0 Å². The van der Waals surface area contributed by atoms with E-state index < -0.39 is 0 Å². The van der Waals surface area contributed by atoms with Crippen LogP contribution in [0.3, 0.4) is 0 Å². The molecule has 0 spiro atoms. The van der Waals surface area contributed by atoms with Crippen LogP contribution in [0.2, 0.25) is 0 Å². The zero-order chi connectivity index (χ0) is 13.7. The van der Waals surface area contributed by atoms with Gasteiger partial charge in [0.25, 0.3) is 0 Å². The lowest BCUT2D eigenvalue weighted by molar-refractivity contribution is 0.410. The van der Waals surface area contributed by atoms with Crippen LogP contribution in [0, 0.1) is 13.8 Å². The maximum absolute atomic E-state index is 3.80. The van der Waals surface area contributed by atoms with Gasteiger partial charge in [-0.05, 0) is 56.7 Å². The van der Waals surface area contributed by atoms with E-state index in [1.165, 1.54) is 49.7 Å². The molecule has 2 unspecified atom stereocenters. The average molecular weight is 259 g/mol. The fraction of sp³-hybridized carbons (Fsp3) is 0.667. The Balaban J connectivity index is 2.20. The van der Waals surface area contributed by atoms with Crippen LogP contribution in [0.1, 0.15) is 68.1 Å². The van der Waals surface area contributed by atoms with Crippen LogP contribution in [-0.2, 0) is 0 Å². The van der Waals surface area contributed by atoms with E-state index in [4.69, 9.17) is 0 Å². The molecule has 2 atom stereocenters. The Kier molecular flexibility index (Phi) is 5.45. The van der Waals surface area contributed by atoms with Gasteiger partial charge in [-0.1, -0.05) is 49.9 Å². The first-order valence-corrected chi connectivity index (χ1v) is 8.03. The predicted octanol–water partition coefficient (Wildman–Crippen LogP) is 4.72. The van der Waals surface area contributed by atoms with Crippen LogP contribution >= 0.6 is 0 Å². The number of nitrogens with one attached hydrogen (secondary N) is 1. The summed E-state index contributed by atoms with van der Waals surface area (Å²) in [5.41, 5.74) is 4.45. The molecular formula is C18H29N. The van der Waals surface area contributed by atoms with Gasteiger partial charge in [0, 0.05) is 6.04 Å². The highest BCUT2D eigenvalue weighted by molar-refractivity contribution is 5.34. The van der Waals surface area contributed by atoms with Crippen LogP contribution in [0.4, 0.5) is 0 Å². The molecule has 0 aromatic heterocycles. The molecule has 1 heteroatoms. The molecule has 2 rings (SSSR count). The molecule has 0 saturated heterocycles. The Morgan fingerprint density at radius 1 is 1.11 bits per heavy atom. The van der Waals surface area contributed by atoms with Gasteiger partial charge < -0.3 is 5.32 Å². The third-order valence-electron chi connectivity index (χ3n) is 4.50. The molecule has 106 valence electrons. The van der Waals surface area contributed by atoms with Gasteiger partial charge >= 0.3 is 0 Å². The summed E-state index contributed by atoms with van der Waals surface area (Å²) in [7, 11) is 0. The quantitative estimate of drug-likeness (QED) is 0.772. The molecule has 1 aliphatic carbocycles. The second-order valence-electron chi connectivity index (χ2n) is 6.17. The van der Waals surface area contributed by atoms with E-state index in [1.807, 2.05) is 0 Å². The lowest BCUT2D eigenvalue weighted by Gasteiger charge is -2.28. The minimum absolute atomic E-state index is 0.684. The van der Waals surface area contributed by atoms with Gasteiger partial charge in [0.05, 0.1) is 0 Å². The molecule has 0 radical (unpaired) electrons. The predicted molar refractivity (Wildman–Crippen MR) is 83.8 cm³/mol. The van der Waals surface area contributed by atoms with Crippen molar-refractivity contribution in [3.8, 4) is 0 Å². The second kappa shape index (κ2) is 7.09. The fourth-order valence-corrected chi connectivity index (χ4v) is 3.50. The number of benzene rings is 1. The maximum atomic E-state index is 3.80. The lowest BCUT2D eigenvalue weighted by Crippen LogP contribution is -2.35.